The first-order valence-corrected chi connectivity index (χ1v) is 5.66. The highest BCUT2D eigenvalue weighted by atomic mass is 16.6. The van der Waals surface area contributed by atoms with E-state index >= 15 is 0 Å². The van der Waals surface area contributed by atoms with Gasteiger partial charge in [0.05, 0.1) is 12.5 Å². The van der Waals surface area contributed by atoms with Gasteiger partial charge in [0.15, 0.2) is 0 Å². The first-order chi connectivity index (χ1) is 8.10. The van der Waals surface area contributed by atoms with Crippen molar-refractivity contribution in [2.24, 2.45) is 5.92 Å². The molecule has 1 heterocycles. The van der Waals surface area contributed by atoms with Crippen molar-refractivity contribution in [2.75, 3.05) is 13.7 Å². The Bertz CT molecular complexity index is 362. The second kappa shape index (κ2) is 4.49. The largest absolute Gasteiger partial charge is 0.458 e. The zero-order valence-electron chi connectivity index (χ0n) is 9.97. The van der Waals surface area contributed by atoms with Crippen molar-refractivity contribution < 1.29 is 23.8 Å². The molecule has 5 heteroatoms. The van der Waals surface area contributed by atoms with E-state index in [-0.39, 0.29) is 12.0 Å². The summed E-state index contributed by atoms with van der Waals surface area (Å²) in [7, 11) is 1.55. The van der Waals surface area contributed by atoms with Gasteiger partial charge in [-0.05, 0) is 0 Å². The lowest BCUT2D eigenvalue weighted by molar-refractivity contribution is -0.175. The number of fused-ring (bicyclic) bond motifs is 1. The van der Waals surface area contributed by atoms with Crippen LogP contribution in [0, 0.1) is 5.92 Å². The van der Waals surface area contributed by atoms with Gasteiger partial charge in [0.2, 0.25) is 5.60 Å². The molecule has 0 spiro atoms. The summed E-state index contributed by atoms with van der Waals surface area (Å²) in [6.45, 7) is 1.65. The van der Waals surface area contributed by atoms with Gasteiger partial charge in [-0.2, -0.15) is 0 Å². The first-order valence-electron chi connectivity index (χ1n) is 5.66. The number of methoxy groups -OCH3 is 1. The lowest BCUT2D eigenvalue weighted by Gasteiger charge is -2.28. The molecule has 0 amide bonds. The first kappa shape index (κ1) is 12.1. The minimum Gasteiger partial charge on any atom is -0.458 e. The van der Waals surface area contributed by atoms with Crippen molar-refractivity contribution in [2.45, 2.75) is 31.5 Å². The summed E-state index contributed by atoms with van der Waals surface area (Å²) in [5.41, 5.74) is -1.19. The maximum atomic E-state index is 12.0. The molecule has 0 unspecified atom stereocenters. The molecule has 3 atom stereocenters. The Morgan fingerprint density at radius 2 is 2.41 bits per heavy atom. The van der Waals surface area contributed by atoms with Gasteiger partial charge in [0, 0.05) is 26.9 Å². The molecule has 0 aromatic heterocycles. The van der Waals surface area contributed by atoms with Crippen molar-refractivity contribution in [1.82, 2.24) is 0 Å². The Hall–Kier alpha value is -1.36. The SMILES string of the molecule is COCC[C@]1(OC(C)=O)C(=O)O[C@@H]2CC=C[C@@H]21. The van der Waals surface area contributed by atoms with Crippen LogP contribution >= 0.6 is 0 Å². The number of esters is 2. The van der Waals surface area contributed by atoms with Gasteiger partial charge in [-0.3, -0.25) is 4.79 Å². The topological polar surface area (TPSA) is 61.8 Å². The quantitative estimate of drug-likeness (QED) is 0.538. The molecule has 2 rings (SSSR count). The van der Waals surface area contributed by atoms with Gasteiger partial charge in [0.25, 0.3) is 0 Å². The third kappa shape index (κ3) is 1.95. The predicted octanol–water partition coefficient (Wildman–Crippen LogP) is 0.826. The lowest BCUT2D eigenvalue weighted by atomic mass is 9.85. The number of hydrogen-bond donors (Lipinski definition) is 0. The van der Waals surface area contributed by atoms with Gasteiger partial charge in [-0.15, -0.1) is 0 Å². The van der Waals surface area contributed by atoms with Crippen LogP contribution < -0.4 is 0 Å². The van der Waals surface area contributed by atoms with E-state index in [1.807, 2.05) is 12.2 Å². The highest BCUT2D eigenvalue weighted by Crippen LogP contribution is 2.43. The summed E-state index contributed by atoms with van der Waals surface area (Å²) < 4.78 is 15.5. The van der Waals surface area contributed by atoms with Gasteiger partial charge in [0.1, 0.15) is 6.10 Å². The molecule has 17 heavy (non-hydrogen) atoms. The van der Waals surface area contributed by atoms with Crippen LogP contribution in [0.2, 0.25) is 0 Å². The normalized spacial score (nSPS) is 34.6. The van der Waals surface area contributed by atoms with Crippen LogP contribution in [0.25, 0.3) is 0 Å². The van der Waals surface area contributed by atoms with E-state index < -0.39 is 17.5 Å². The molecule has 5 nitrogen and oxygen atoms in total. The van der Waals surface area contributed by atoms with Crippen LogP contribution in [0.3, 0.4) is 0 Å². The molecule has 2 aliphatic rings. The summed E-state index contributed by atoms with van der Waals surface area (Å²) in [6, 6.07) is 0. The monoisotopic (exact) mass is 240 g/mol. The molecular weight excluding hydrogens is 224 g/mol. The van der Waals surface area contributed by atoms with E-state index in [0.717, 1.165) is 0 Å². The lowest BCUT2D eigenvalue weighted by Crippen LogP contribution is -2.45. The third-order valence-electron chi connectivity index (χ3n) is 3.26. The molecule has 1 fully saturated rings. The fourth-order valence-electron chi connectivity index (χ4n) is 2.52. The maximum Gasteiger partial charge on any atom is 0.351 e. The second-order valence-corrected chi connectivity index (χ2v) is 4.36. The predicted molar refractivity (Wildman–Crippen MR) is 58.1 cm³/mol. The summed E-state index contributed by atoms with van der Waals surface area (Å²) in [6.07, 6.45) is 4.67. The smallest absolute Gasteiger partial charge is 0.351 e. The number of carbonyl (C=O) groups is 2. The summed E-state index contributed by atoms with van der Waals surface area (Å²) in [5, 5.41) is 0. The van der Waals surface area contributed by atoms with Gasteiger partial charge in [-0.25, -0.2) is 4.79 Å². The molecule has 0 aromatic rings. The van der Waals surface area contributed by atoms with Crippen molar-refractivity contribution >= 4 is 11.9 Å². The van der Waals surface area contributed by atoms with E-state index in [2.05, 4.69) is 0 Å². The molecule has 0 bridgehead atoms. The van der Waals surface area contributed by atoms with Crippen LogP contribution in [0.5, 0.6) is 0 Å². The number of carbonyl (C=O) groups excluding carboxylic acids is 2. The highest BCUT2D eigenvalue weighted by Gasteiger charge is 2.59. The van der Waals surface area contributed by atoms with Crippen LogP contribution in [-0.4, -0.2) is 37.4 Å². The Morgan fingerprint density at radius 1 is 1.65 bits per heavy atom. The zero-order chi connectivity index (χ0) is 12.5. The second-order valence-electron chi connectivity index (χ2n) is 4.36. The van der Waals surface area contributed by atoms with Crippen molar-refractivity contribution in [3.63, 3.8) is 0 Å². The number of hydrogen-bond acceptors (Lipinski definition) is 5. The van der Waals surface area contributed by atoms with Crippen LogP contribution in [0.15, 0.2) is 12.2 Å². The fourth-order valence-corrected chi connectivity index (χ4v) is 2.52. The molecule has 0 saturated carbocycles. The van der Waals surface area contributed by atoms with Crippen molar-refractivity contribution in [3.05, 3.63) is 12.2 Å². The Balaban J connectivity index is 2.26. The summed E-state index contributed by atoms with van der Waals surface area (Å²) in [4.78, 5) is 23.2. The average Bonchev–Trinajstić information content (AvgIpc) is 2.79. The maximum absolute atomic E-state index is 12.0. The zero-order valence-corrected chi connectivity index (χ0v) is 9.97. The molecule has 0 aromatic carbocycles. The average molecular weight is 240 g/mol. The van der Waals surface area contributed by atoms with Gasteiger partial charge in [-0.1, -0.05) is 12.2 Å². The third-order valence-corrected chi connectivity index (χ3v) is 3.26. The summed E-state index contributed by atoms with van der Waals surface area (Å²) >= 11 is 0. The van der Waals surface area contributed by atoms with E-state index in [0.29, 0.717) is 19.4 Å². The molecule has 0 N–H and O–H groups in total. The van der Waals surface area contributed by atoms with Crippen LogP contribution in [0.1, 0.15) is 19.8 Å². The molecule has 0 radical (unpaired) electrons. The van der Waals surface area contributed by atoms with Gasteiger partial charge < -0.3 is 14.2 Å². The van der Waals surface area contributed by atoms with E-state index in [9.17, 15) is 9.59 Å². The van der Waals surface area contributed by atoms with Crippen LogP contribution in [0.4, 0.5) is 0 Å². The van der Waals surface area contributed by atoms with Crippen molar-refractivity contribution in [3.8, 4) is 0 Å². The molecule has 94 valence electrons. The van der Waals surface area contributed by atoms with Crippen molar-refractivity contribution in [1.29, 1.82) is 0 Å². The molecular formula is C12H16O5. The highest BCUT2D eigenvalue weighted by molar-refractivity contribution is 5.86. The number of rotatable bonds is 4. The minimum absolute atomic E-state index is 0.186. The van der Waals surface area contributed by atoms with E-state index in [4.69, 9.17) is 14.2 Å². The molecule has 1 aliphatic carbocycles. The standard InChI is InChI=1S/C12H16O5/c1-8(13)17-12(6-7-15-2)9-4-3-5-10(9)16-11(12)14/h3-4,9-10H,5-7H2,1-2H3/t9-,10+,12+/m0/s1. The molecule has 1 saturated heterocycles. The minimum atomic E-state index is -1.19. The van der Waals surface area contributed by atoms with Crippen LogP contribution in [-0.2, 0) is 23.8 Å². The Morgan fingerprint density at radius 3 is 3.06 bits per heavy atom. The Labute approximate surface area is 99.7 Å². The number of ether oxygens (including phenoxy) is 3. The van der Waals surface area contributed by atoms with E-state index in [1.54, 1.807) is 7.11 Å². The van der Waals surface area contributed by atoms with E-state index in [1.165, 1.54) is 6.92 Å². The summed E-state index contributed by atoms with van der Waals surface area (Å²) in [5.74, 6) is -1.11. The fraction of sp³-hybridized carbons (Fsp3) is 0.667. The Kier molecular flexibility index (Phi) is 3.19. The molecule has 1 aliphatic heterocycles. The van der Waals surface area contributed by atoms with Gasteiger partial charge >= 0.3 is 11.9 Å².